The zero-order chi connectivity index (χ0) is 22.7. The second-order valence-corrected chi connectivity index (χ2v) is 8.84. The second kappa shape index (κ2) is 9.84. The Morgan fingerprint density at radius 2 is 1.09 bits per heavy atom. The summed E-state index contributed by atoms with van der Waals surface area (Å²) in [6, 6.07) is 11.7. The van der Waals surface area contributed by atoms with Crippen LogP contribution in [-0.2, 0) is 18.9 Å². The van der Waals surface area contributed by atoms with E-state index < -0.39 is 0 Å². The van der Waals surface area contributed by atoms with Crippen LogP contribution in [0, 0.1) is 0 Å². The van der Waals surface area contributed by atoms with E-state index in [-0.39, 0.29) is 24.4 Å². The first-order valence-corrected chi connectivity index (χ1v) is 11.7. The highest BCUT2D eigenvalue weighted by atomic mass is 16.6. The minimum atomic E-state index is 0.167. The highest BCUT2D eigenvalue weighted by Crippen LogP contribution is 2.30. The van der Waals surface area contributed by atoms with Crippen LogP contribution in [0.2, 0.25) is 0 Å². The molecule has 4 aliphatic heterocycles. The topological polar surface area (TPSA) is 87.0 Å². The van der Waals surface area contributed by atoms with E-state index in [0.717, 1.165) is 60.6 Å². The molecule has 4 heterocycles. The fraction of sp³-hybridized carbons (Fsp3) is 0.462. The quantitative estimate of drug-likeness (QED) is 0.309. The normalized spacial score (nSPS) is 26.2. The molecule has 4 aliphatic rings. The van der Waals surface area contributed by atoms with Crippen molar-refractivity contribution in [3.8, 4) is 23.0 Å². The predicted octanol–water partition coefficient (Wildman–Crippen LogP) is 2.97. The molecule has 4 saturated heterocycles. The van der Waals surface area contributed by atoms with Crippen molar-refractivity contribution in [1.29, 1.82) is 0 Å². The van der Waals surface area contributed by atoms with E-state index in [9.17, 15) is 0 Å². The maximum atomic E-state index is 6.04. The standard InChI is InChI=1S/C26H28O8/c1(17-5-20(28-10-23-13-31-23)7-21(6-17)29-11-24-14-32-24)2-18-3-4-19(27-9-22-12-30-22)8-26(18)34-16-25-15-33-25/h1-8,22-25H,9-16H2/b2-1+. The molecule has 0 radical (unpaired) electrons. The van der Waals surface area contributed by atoms with Gasteiger partial charge < -0.3 is 37.9 Å². The summed E-state index contributed by atoms with van der Waals surface area (Å²) in [6.07, 6.45) is 4.79. The molecule has 0 aromatic heterocycles. The zero-order valence-electron chi connectivity index (χ0n) is 18.9. The van der Waals surface area contributed by atoms with Crippen molar-refractivity contribution in [3.05, 3.63) is 47.5 Å². The van der Waals surface area contributed by atoms with Crippen molar-refractivity contribution < 1.29 is 37.9 Å². The number of hydrogen-bond donors (Lipinski definition) is 0. The first kappa shape index (κ1) is 21.7. The first-order chi connectivity index (χ1) is 16.8. The van der Waals surface area contributed by atoms with Gasteiger partial charge in [0, 0.05) is 17.7 Å². The van der Waals surface area contributed by atoms with Gasteiger partial charge in [-0.3, -0.25) is 0 Å². The van der Waals surface area contributed by atoms with Crippen molar-refractivity contribution >= 4 is 12.2 Å². The van der Waals surface area contributed by atoms with Crippen LogP contribution in [0.4, 0.5) is 0 Å². The summed E-state index contributed by atoms with van der Waals surface area (Å²) in [4.78, 5) is 0. The van der Waals surface area contributed by atoms with Crippen LogP contribution >= 0.6 is 0 Å². The highest BCUT2D eigenvalue weighted by molar-refractivity contribution is 5.74. The van der Waals surface area contributed by atoms with Gasteiger partial charge in [-0.1, -0.05) is 12.2 Å². The first-order valence-electron chi connectivity index (χ1n) is 11.7. The Hall–Kier alpha value is -2.78. The van der Waals surface area contributed by atoms with Crippen LogP contribution in [-0.4, -0.2) is 77.3 Å². The van der Waals surface area contributed by atoms with Crippen LogP contribution in [0.15, 0.2) is 36.4 Å². The van der Waals surface area contributed by atoms with Gasteiger partial charge in [-0.2, -0.15) is 0 Å². The summed E-state index contributed by atoms with van der Waals surface area (Å²) >= 11 is 0. The molecule has 0 spiro atoms. The Kier molecular flexibility index (Phi) is 6.29. The van der Waals surface area contributed by atoms with E-state index in [1.54, 1.807) is 0 Å². The smallest absolute Gasteiger partial charge is 0.130 e. The Balaban J connectivity index is 1.18. The third-order valence-corrected chi connectivity index (χ3v) is 5.68. The van der Waals surface area contributed by atoms with Gasteiger partial charge >= 0.3 is 0 Å². The molecular weight excluding hydrogens is 440 g/mol. The molecule has 0 bridgehead atoms. The van der Waals surface area contributed by atoms with Crippen molar-refractivity contribution in [1.82, 2.24) is 0 Å². The van der Waals surface area contributed by atoms with E-state index >= 15 is 0 Å². The Bertz CT molecular complexity index is 987. The average molecular weight is 469 g/mol. The van der Waals surface area contributed by atoms with Crippen molar-refractivity contribution in [2.24, 2.45) is 0 Å². The zero-order valence-corrected chi connectivity index (χ0v) is 18.9. The van der Waals surface area contributed by atoms with E-state index in [0.29, 0.717) is 26.4 Å². The lowest BCUT2D eigenvalue weighted by Crippen LogP contribution is -2.07. The van der Waals surface area contributed by atoms with Gasteiger partial charge in [0.15, 0.2) is 0 Å². The SMILES string of the molecule is C(=C\c1ccc(OCC2CO2)cc1OCC1CO1)/c1cc(OCC2CO2)cc(OCC2CO2)c1. The molecule has 6 rings (SSSR count). The molecule has 4 unspecified atom stereocenters. The molecule has 8 nitrogen and oxygen atoms in total. The molecule has 180 valence electrons. The predicted molar refractivity (Wildman–Crippen MR) is 123 cm³/mol. The van der Waals surface area contributed by atoms with Gasteiger partial charge in [0.05, 0.1) is 26.4 Å². The molecule has 2 aromatic rings. The molecule has 4 fully saturated rings. The molecular formula is C26H28O8. The minimum absolute atomic E-state index is 0.167. The number of benzene rings is 2. The van der Waals surface area contributed by atoms with Crippen LogP contribution in [0.1, 0.15) is 11.1 Å². The van der Waals surface area contributed by atoms with E-state index in [1.807, 2.05) is 48.6 Å². The number of ether oxygens (including phenoxy) is 8. The molecule has 2 aromatic carbocycles. The molecule has 34 heavy (non-hydrogen) atoms. The lowest BCUT2D eigenvalue weighted by Gasteiger charge is -2.12. The molecule has 0 amide bonds. The van der Waals surface area contributed by atoms with E-state index in [2.05, 4.69) is 0 Å². The number of epoxide rings is 4. The van der Waals surface area contributed by atoms with Crippen LogP contribution in [0.5, 0.6) is 23.0 Å². The van der Waals surface area contributed by atoms with Gasteiger partial charge in [0.25, 0.3) is 0 Å². The highest BCUT2D eigenvalue weighted by Gasteiger charge is 2.26. The molecule has 4 atom stereocenters. The lowest BCUT2D eigenvalue weighted by atomic mass is 10.1. The third-order valence-electron chi connectivity index (χ3n) is 5.68. The summed E-state index contributed by atoms with van der Waals surface area (Å²) in [6.45, 7) is 5.15. The Labute approximate surface area is 198 Å². The molecule has 0 N–H and O–H groups in total. The van der Waals surface area contributed by atoms with Gasteiger partial charge in [-0.15, -0.1) is 0 Å². The fourth-order valence-electron chi connectivity index (χ4n) is 3.32. The number of hydrogen-bond acceptors (Lipinski definition) is 8. The summed E-state index contributed by atoms with van der Waals surface area (Å²) in [5.41, 5.74) is 1.91. The molecule has 8 heteroatoms. The summed E-state index contributed by atoms with van der Waals surface area (Å²) in [5, 5.41) is 0. The van der Waals surface area contributed by atoms with Crippen molar-refractivity contribution in [3.63, 3.8) is 0 Å². The minimum Gasteiger partial charge on any atom is -0.491 e. The van der Waals surface area contributed by atoms with Crippen molar-refractivity contribution in [2.75, 3.05) is 52.9 Å². The van der Waals surface area contributed by atoms with Gasteiger partial charge in [0.1, 0.15) is 73.8 Å². The Morgan fingerprint density at radius 1 is 0.588 bits per heavy atom. The van der Waals surface area contributed by atoms with Crippen LogP contribution in [0.25, 0.3) is 12.2 Å². The van der Waals surface area contributed by atoms with Crippen LogP contribution < -0.4 is 18.9 Å². The maximum absolute atomic E-state index is 6.04. The van der Waals surface area contributed by atoms with Gasteiger partial charge in [-0.25, -0.2) is 0 Å². The second-order valence-electron chi connectivity index (χ2n) is 8.84. The third kappa shape index (κ3) is 6.64. The summed E-state index contributed by atoms with van der Waals surface area (Å²) in [7, 11) is 0. The fourth-order valence-corrected chi connectivity index (χ4v) is 3.32. The molecule has 0 aliphatic carbocycles. The summed E-state index contributed by atoms with van der Waals surface area (Å²) in [5.74, 6) is 3.01. The van der Waals surface area contributed by atoms with Crippen LogP contribution in [0.3, 0.4) is 0 Å². The van der Waals surface area contributed by atoms with E-state index in [4.69, 9.17) is 37.9 Å². The Morgan fingerprint density at radius 3 is 1.62 bits per heavy atom. The van der Waals surface area contributed by atoms with Gasteiger partial charge in [-0.05, 0) is 29.8 Å². The number of rotatable bonds is 14. The van der Waals surface area contributed by atoms with Gasteiger partial charge in [0.2, 0.25) is 0 Å². The monoisotopic (exact) mass is 468 g/mol. The van der Waals surface area contributed by atoms with E-state index in [1.165, 1.54) is 0 Å². The largest absolute Gasteiger partial charge is 0.491 e. The molecule has 0 saturated carbocycles. The average Bonchev–Trinajstić information content (AvgIpc) is 3.70. The van der Waals surface area contributed by atoms with Crippen molar-refractivity contribution in [2.45, 2.75) is 24.4 Å². The summed E-state index contributed by atoms with van der Waals surface area (Å²) < 4.78 is 44.7. The lowest BCUT2D eigenvalue weighted by molar-refractivity contribution is 0.252. The maximum Gasteiger partial charge on any atom is 0.130 e.